The molecule has 100 valence electrons. The number of amides is 1. The molecule has 1 N–H and O–H groups in total. The lowest BCUT2D eigenvalue weighted by Gasteiger charge is -2.40. The molecular weight excluding hydrogens is 244 g/mol. The van der Waals surface area contributed by atoms with Crippen molar-refractivity contribution in [3.63, 3.8) is 0 Å². The molecule has 17 heavy (non-hydrogen) atoms. The molecule has 0 aromatic rings. The van der Waals surface area contributed by atoms with Gasteiger partial charge in [-0.15, -0.1) is 0 Å². The number of thioether (sulfide) groups is 1. The van der Waals surface area contributed by atoms with E-state index in [9.17, 15) is 13.6 Å². The zero-order valence-electron chi connectivity index (χ0n) is 10.7. The third-order valence-corrected chi connectivity index (χ3v) is 4.65. The van der Waals surface area contributed by atoms with Gasteiger partial charge in [0, 0.05) is 28.9 Å². The summed E-state index contributed by atoms with van der Waals surface area (Å²) in [7, 11) is 0. The van der Waals surface area contributed by atoms with E-state index < -0.39 is 11.5 Å². The fourth-order valence-corrected chi connectivity index (χ4v) is 2.99. The van der Waals surface area contributed by atoms with Crippen LogP contribution in [0.15, 0.2) is 0 Å². The molecule has 2 nitrogen and oxygen atoms in total. The minimum absolute atomic E-state index is 0.0809. The van der Waals surface area contributed by atoms with Gasteiger partial charge in [-0.25, -0.2) is 8.78 Å². The zero-order valence-corrected chi connectivity index (χ0v) is 11.5. The maximum absolute atomic E-state index is 13.1. The van der Waals surface area contributed by atoms with Gasteiger partial charge in [-0.1, -0.05) is 20.8 Å². The van der Waals surface area contributed by atoms with Gasteiger partial charge in [0.15, 0.2) is 0 Å². The van der Waals surface area contributed by atoms with Crippen molar-refractivity contribution in [2.45, 2.75) is 62.7 Å². The average Bonchev–Trinajstić information content (AvgIpc) is 2.19. The summed E-state index contributed by atoms with van der Waals surface area (Å²) in [6.45, 7) is 6.26. The van der Waals surface area contributed by atoms with Crippen LogP contribution in [0.2, 0.25) is 0 Å². The molecule has 5 heteroatoms. The topological polar surface area (TPSA) is 29.1 Å². The Kier molecular flexibility index (Phi) is 4.44. The third-order valence-electron chi connectivity index (χ3n) is 3.09. The van der Waals surface area contributed by atoms with Gasteiger partial charge in [-0.2, -0.15) is 11.8 Å². The standard InChI is InChI=1S/C12H21F2NOS/c1-10(2,3)17-8-11(15-9-16)4-6-12(13,14)7-5-11/h9H,4-8H2,1-3H3,(H,15,16). The Morgan fingerprint density at radius 3 is 2.18 bits per heavy atom. The molecular formula is C12H21F2NOS. The van der Waals surface area contributed by atoms with Crippen molar-refractivity contribution in [1.29, 1.82) is 0 Å². The number of halogens is 2. The fraction of sp³-hybridized carbons (Fsp3) is 0.917. The minimum Gasteiger partial charge on any atom is -0.352 e. The van der Waals surface area contributed by atoms with Crippen LogP contribution in [-0.2, 0) is 4.79 Å². The highest BCUT2D eigenvalue weighted by atomic mass is 32.2. The highest BCUT2D eigenvalue weighted by Crippen LogP contribution is 2.41. The number of carbonyl (C=O) groups is 1. The van der Waals surface area contributed by atoms with E-state index in [1.54, 1.807) is 11.8 Å². The maximum Gasteiger partial charge on any atom is 0.248 e. The second-order valence-electron chi connectivity index (χ2n) is 5.80. The molecule has 1 aliphatic carbocycles. The van der Waals surface area contributed by atoms with Crippen LogP contribution in [0.1, 0.15) is 46.5 Å². The molecule has 0 saturated heterocycles. The summed E-state index contributed by atoms with van der Waals surface area (Å²) in [4.78, 5) is 10.7. The first kappa shape index (κ1) is 14.7. The number of carbonyl (C=O) groups excluding carboxylic acids is 1. The molecule has 1 saturated carbocycles. The highest BCUT2D eigenvalue weighted by molar-refractivity contribution is 8.00. The SMILES string of the molecule is CC(C)(C)SCC1(NC=O)CCC(F)(F)CC1. The number of rotatable bonds is 4. The molecule has 0 radical (unpaired) electrons. The molecule has 0 bridgehead atoms. The van der Waals surface area contributed by atoms with Crippen LogP contribution < -0.4 is 5.32 Å². The second kappa shape index (κ2) is 5.12. The van der Waals surface area contributed by atoms with Gasteiger partial charge in [0.25, 0.3) is 0 Å². The highest BCUT2D eigenvalue weighted by Gasteiger charge is 2.43. The minimum atomic E-state index is -2.56. The number of hydrogen-bond acceptors (Lipinski definition) is 2. The van der Waals surface area contributed by atoms with E-state index >= 15 is 0 Å². The lowest BCUT2D eigenvalue weighted by atomic mass is 9.81. The van der Waals surface area contributed by atoms with Gasteiger partial charge in [0.1, 0.15) is 0 Å². The van der Waals surface area contributed by atoms with Crippen LogP contribution in [-0.4, -0.2) is 28.4 Å². The Balaban J connectivity index is 2.61. The van der Waals surface area contributed by atoms with Crippen molar-refractivity contribution in [3.05, 3.63) is 0 Å². The molecule has 0 unspecified atom stereocenters. The third kappa shape index (κ3) is 4.82. The molecule has 0 heterocycles. The molecule has 0 aromatic carbocycles. The predicted octanol–water partition coefficient (Wildman–Crippen LogP) is 3.21. The monoisotopic (exact) mass is 265 g/mol. The van der Waals surface area contributed by atoms with Gasteiger partial charge in [-0.3, -0.25) is 4.79 Å². The van der Waals surface area contributed by atoms with Crippen molar-refractivity contribution < 1.29 is 13.6 Å². The normalized spacial score (nSPS) is 23.1. The summed E-state index contributed by atoms with van der Waals surface area (Å²) in [6.07, 6.45) is 1.12. The first-order valence-corrected chi connectivity index (χ1v) is 6.90. The first-order valence-electron chi connectivity index (χ1n) is 5.91. The number of alkyl halides is 2. The van der Waals surface area contributed by atoms with Gasteiger partial charge >= 0.3 is 0 Å². The van der Waals surface area contributed by atoms with E-state index in [0.717, 1.165) is 0 Å². The fourth-order valence-electron chi connectivity index (χ4n) is 1.90. The first-order chi connectivity index (χ1) is 7.68. The smallest absolute Gasteiger partial charge is 0.248 e. The quantitative estimate of drug-likeness (QED) is 0.791. The summed E-state index contributed by atoms with van der Waals surface area (Å²) in [5.41, 5.74) is -0.443. The summed E-state index contributed by atoms with van der Waals surface area (Å²) >= 11 is 1.71. The zero-order chi connectivity index (χ0) is 13.2. The number of hydrogen-bond donors (Lipinski definition) is 1. The van der Waals surface area contributed by atoms with Gasteiger partial charge < -0.3 is 5.32 Å². The van der Waals surface area contributed by atoms with Crippen LogP contribution in [0.5, 0.6) is 0 Å². The molecule has 0 atom stereocenters. The molecule has 1 amide bonds. The van der Waals surface area contributed by atoms with Crippen LogP contribution in [0, 0.1) is 0 Å². The van der Waals surface area contributed by atoms with Gasteiger partial charge in [0.2, 0.25) is 12.3 Å². The summed E-state index contributed by atoms with van der Waals surface area (Å²) < 4.78 is 26.4. The second-order valence-corrected chi connectivity index (χ2v) is 7.60. The van der Waals surface area contributed by atoms with Crippen LogP contribution in [0.3, 0.4) is 0 Å². The van der Waals surface area contributed by atoms with Crippen molar-refractivity contribution in [3.8, 4) is 0 Å². The van der Waals surface area contributed by atoms with Gasteiger partial charge in [0.05, 0.1) is 0 Å². The Hall–Kier alpha value is -0.320. The predicted molar refractivity (Wildman–Crippen MR) is 67.6 cm³/mol. The molecule has 1 rings (SSSR count). The Labute approximate surface area is 106 Å². The Morgan fingerprint density at radius 2 is 1.76 bits per heavy atom. The molecule has 1 aliphatic rings. The Morgan fingerprint density at radius 1 is 1.24 bits per heavy atom. The van der Waals surface area contributed by atoms with E-state index in [2.05, 4.69) is 26.1 Å². The van der Waals surface area contributed by atoms with Crippen LogP contribution in [0.25, 0.3) is 0 Å². The van der Waals surface area contributed by atoms with Gasteiger partial charge in [-0.05, 0) is 12.8 Å². The maximum atomic E-state index is 13.1. The number of nitrogens with one attached hydrogen (secondary N) is 1. The Bertz CT molecular complexity index is 266. The van der Waals surface area contributed by atoms with E-state index in [4.69, 9.17) is 0 Å². The lowest BCUT2D eigenvalue weighted by molar-refractivity contribution is -0.113. The van der Waals surface area contributed by atoms with E-state index in [0.29, 0.717) is 25.0 Å². The van der Waals surface area contributed by atoms with E-state index in [1.807, 2.05) is 0 Å². The lowest BCUT2D eigenvalue weighted by Crippen LogP contribution is -2.52. The molecule has 0 spiro atoms. The average molecular weight is 265 g/mol. The van der Waals surface area contributed by atoms with Crippen molar-refractivity contribution in [2.24, 2.45) is 0 Å². The summed E-state index contributed by atoms with van der Waals surface area (Å²) in [5, 5.41) is 2.77. The van der Waals surface area contributed by atoms with Crippen molar-refractivity contribution in [1.82, 2.24) is 5.32 Å². The van der Waals surface area contributed by atoms with E-state index in [-0.39, 0.29) is 17.6 Å². The van der Waals surface area contributed by atoms with Crippen molar-refractivity contribution >= 4 is 18.2 Å². The summed E-state index contributed by atoms with van der Waals surface area (Å²) in [6, 6.07) is 0. The molecule has 1 fully saturated rings. The van der Waals surface area contributed by atoms with Crippen molar-refractivity contribution in [2.75, 3.05) is 5.75 Å². The molecule has 0 aromatic heterocycles. The van der Waals surface area contributed by atoms with E-state index in [1.165, 1.54) is 0 Å². The van der Waals surface area contributed by atoms with Crippen LogP contribution >= 0.6 is 11.8 Å². The largest absolute Gasteiger partial charge is 0.352 e. The molecule has 0 aliphatic heterocycles. The summed E-state index contributed by atoms with van der Waals surface area (Å²) in [5.74, 6) is -1.86. The van der Waals surface area contributed by atoms with Crippen LogP contribution in [0.4, 0.5) is 8.78 Å².